The molecule has 1 fully saturated rings. The number of nitrogens with zero attached hydrogens (tertiary/aromatic N) is 3. The predicted molar refractivity (Wildman–Crippen MR) is 126 cm³/mol. The van der Waals surface area contributed by atoms with Gasteiger partial charge in [0.2, 0.25) is 0 Å². The Kier molecular flexibility index (Phi) is 7.74. The van der Waals surface area contributed by atoms with E-state index in [0.717, 1.165) is 17.7 Å². The maximum absolute atomic E-state index is 15.2. The van der Waals surface area contributed by atoms with Crippen LogP contribution >= 0.6 is 0 Å². The molecule has 1 aromatic heterocycles. The maximum Gasteiger partial charge on any atom is 0.415 e. The zero-order valence-corrected chi connectivity index (χ0v) is 21.7. The number of carbonyl (C=O) groups excluding carboxylic acids is 1. The molecule has 6 atom stereocenters. The average molecular weight is 487 g/mol. The summed E-state index contributed by atoms with van der Waals surface area (Å²) in [4.78, 5) is 29.9. The molecular formula is C24H40FN3O6. The molecular weight excluding hydrogens is 445 g/mol. The highest BCUT2D eigenvalue weighted by Gasteiger charge is 2.65. The van der Waals surface area contributed by atoms with Crippen molar-refractivity contribution in [1.29, 1.82) is 0 Å². The first-order valence-corrected chi connectivity index (χ1v) is 11.7. The van der Waals surface area contributed by atoms with E-state index in [1.54, 1.807) is 34.6 Å². The number of hydrogen-bond acceptors (Lipinski definition) is 7. The van der Waals surface area contributed by atoms with Crippen LogP contribution in [0.5, 0.6) is 0 Å². The molecule has 194 valence electrons. The summed E-state index contributed by atoms with van der Waals surface area (Å²) >= 11 is 0. The molecule has 0 radical (unpaired) electrons. The Balaban J connectivity index is 2.37. The Labute approximate surface area is 202 Å². The van der Waals surface area contributed by atoms with Gasteiger partial charge >= 0.3 is 11.8 Å². The molecule has 10 heteroatoms. The van der Waals surface area contributed by atoms with Gasteiger partial charge in [0, 0.05) is 7.05 Å². The molecule has 34 heavy (non-hydrogen) atoms. The van der Waals surface area contributed by atoms with Crippen LogP contribution in [0.1, 0.15) is 82.3 Å². The fourth-order valence-corrected chi connectivity index (χ4v) is 4.47. The first-order valence-electron chi connectivity index (χ1n) is 12.2. The van der Waals surface area contributed by atoms with Crippen LogP contribution in [0.15, 0.2) is 11.0 Å². The van der Waals surface area contributed by atoms with Gasteiger partial charge in [-0.25, -0.2) is 14.0 Å². The van der Waals surface area contributed by atoms with E-state index in [2.05, 4.69) is 11.9 Å². The number of rotatable bonds is 7. The molecule has 1 aliphatic rings. The summed E-state index contributed by atoms with van der Waals surface area (Å²) in [6, 6.07) is 0. The Morgan fingerprint density at radius 1 is 1.44 bits per heavy atom. The van der Waals surface area contributed by atoms with Gasteiger partial charge in [0.25, 0.3) is 0 Å². The van der Waals surface area contributed by atoms with E-state index in [9.17, 15) is 19.8 Å². The quantitative estimate of drug-likeness (QED) is 0.605. The first-order chi connectivity index (χ1) is 15.9. The lowest BCUT2D eigenvalue weighted by Crippen LogP contribution is -2.59. The van der Waals surface area contributed by atoms with Crippen molar-refractivity contribution in [2.75, 3.05) is 11.9 Å². The Hall–Kier alpha value is -2.04. The van der Waals surface area contributed by atoms with Crippen molar-refractivity contribution >= 4 is 11.9 Å². The van der Waals surface area contributed by atoms with Gasteiger partial charge in [0.05, 0.1) is 7.54 Å². The topological polar surface area (TPSA) is 114 Å². The molecule has 1 saturated heterocycles. The molecule has 1 amide bonds. The average Bonchev–Trinajstić information content (AvgIpc) is 2.91. The van der Waals surface area contributed by atoms with Crippen LogP contribution in [-0.2, 0) is 9.47 Å². The van der Waals surface area contributed by atoms with Gasteiger partial charge in [0.1, 0.15) is 23.4 Å². The van der Waals surface area contributed by atoms with Gasteiger partial charge in [-0.2, -0.15) is 4.98 Å². The standard InChI is InChI=1S/C24H40FN3O6/c1-10-11-14(2)12-15(3)33-21(31)27(9)18-16(25)13-28(20(30)26-18)19-17(29)23(7,32)24(8,34-19)22(4,5)6/h13-15,17,19,29,32H,10-12H2,1-9H3/t14?,15?,17-,19+,23-,24+/m0/s1/i13D. The van der Waals surface area contributed by atoms with E-state index < -0.39 is 64.6 Å². The first kappa shape index (κ1) is 26.6. The van der Waals surface area contributed by atoms with Crippen molar-refractivity contribution in [3.05, 3.63) is 22.5 Å². The van der Waals surface area contributed by atoms with Gasteiger partial charge in [0.15, 0.2) is 17.9 Å². The Morgan fingerprint density at radius 2 is 2.03 bits per heavy atom. The maximum atomic E-state index is 15.2. The number of halogens is 1. The monoisotopic (exact) mass is 486 g/mol. The highest BCUT2D eigenvalue weighted by atomic mass is 19.1. The second kappa shape index (κ2) is 9.91. The van der Waals surface area contributed by atoms with Crippen molar-refractivity contribution < 1.29 is 30.2 Å². The van der Waals surface area contributed by atoms with Gasteiger partial charge in [-0.3, -0.25) is 9.47 Å². The molecule has 2 N–H and O–H groups in total. The lowest BCUT2D eigenvalue weighted by Gasteiger charge is -2.45. The largest absolute Gasteiger partial charge is 0.446 e. The summed E-state index contributed by atoms with van der Waals surface area (Å²) in [6.45, 7) is 14.1. The summed E-state index contributed by atoms with van der Waals surface area (Å²) in [5.41, 5.74) is -4.99. The van der Waals surface area contributed by atoms with Crippen LogP contribution in [0.3, 0.4) is 0 Å². The number of aromatic nitrogens is 2. The lowest BCUT2D eigenvalue weighted by molar-refractivity contribution is -0.183. The molecule has 0 aliphatic carbocycles. The van der Waals surface area contributed by atoms with Crippen LogP contribution in [0.2, 0.25) is 0 Å². The van der Waals surface area contributed by atoms with E-state index in [4.69, 9.17) is 10.8 Å². The van der Waals surface area contributed by atoms with Crippen LogP contribution in [-0.4, -0.2) is 56.3 Å². The van der Waals surface area contributed by atoms with E-state index in [-0.39, 0.29) is 0 Å². The SMILES string of the molecule is [2H]c1c(F)c(N(C)C(=O)OC(C)CC(C)CCC)nc(=O)n1[C@@H]1O[C@](C)(C(C)(C)C)[C@@](C)(O)[C@H]1O. The number of carbonyl (C=O) groups is 1. The number of anilines is 1. The van der Waals surface area contributed by atoms with Gasteiger partial charge in [-0.1, -0.05) is 47.5 Å². The van der Waals surface area contributed by atoms with Crippen molar-refractivity contribution in [1.82, 2.24) is 9.55 Å². The minimum Gasteiger partial charge on any atom is -0.446 e. The van der Waals surface area contributed by atoms with Crippen molar-refractivity contribution in [2.24, 2.45) is 11.3 Å². The van der Waals surface area contributed by atoms with Crippen LogP contribution in [0.25, 0.3) is 0 Å². The van der Waals surface area contributed by atoms with Crippen molar-refractivity contribution in [3.63, 3.8) is 0 Å². The second-order valence-electron chi connectivity index (χ2n) is 10.8. The summed E-state index contributed by atoms with van der Waals surface area (Å²) in [7, 11) is 1.20. The van der Waals surface area contributed by atoms with E-state index in [1.165, 1.54) is 14.0 Å². The van der Waals surface area contributed by atoms with E-state index in [1.807, 2.05) is 6.92 Å². The minimum atomic E-state index is -1.83. The Morgan fingerprint density at radius 3 is 2.53 bits per heavy atom. The summed E-state index contributed by atoms with van der Waals surface area (Å²) in [6.07, 6.45) is -2.92. The fraction of sp³-hybridized carbons (Fsp3) is 0.792. The Bertz CT molecular complexity index is 995. The summed E-state index contributed by atoms with van der Waals surface area (Å²) in [5, 5.41) is 21.9. The second-order valence-corrected chi connectivity index (χ2v) is 10.8. The third kappa shape index (κ3) is 5.13. The predicted octanol–water partition coefficient (Wildman–Crippen LogP) is 3.62. The fourth-order valence-electron chi connectivity index (χ4n) is 4.47. The molecule has 9 nitrogen and oxygen atoms in total. The third-order valence-corrected chi connectivity index (χ3v) is 7.09. The molecule has 2 heterocycles. The van der Waals surface area contributed by atoms with Gasteiger partial charge in [-0.05, 0) is 38.5 Å². The summed E-state index contributed by atoms with van der Waals surface area (Å²) in [5.74, 6) is -1.61. The summed E-state index contributed by atoms with van der Waals surface area (Å²) < 4.78 is 35.3. The smallest absolute Gasteiger partial charge is 0.415 e. The highest BCUT2D eigenvalue weighted by molar-refractivity contribution is 5.85. The zero-order chi connectivity index (χ0) is 27.1. The van der Waals surface area contributed by atoms with Crippen LogP contribution in [0, 0.1) is 17.2 Å². The molecule has 1 aliphatic heterocycles. The minimum absolute atomic E-state index is 0.334. The zero-order valence-electron chi connectivity index (χ0n) is 22.7. The molecule has 2 rings (SSSR count). The molecule has 0 saturated carbocycles. The lowest BCUT2D eigenvalue weighted by atomic mass is 9.67. The van der Waals surface area contributed by atoms with Crippen LogP contribution < -0.4 is 10.6 Å². The third-order valence-electron chi connectivity index (χ3n) is 7.09. The van der Waals surface area contributed by atoms with Gasteiger partial charge in [-0.15, -0.1) is 0 Å². The molecule has 0 spiro atoms. The molecule has 0 bridgehead atoms. The van der Waals surface area contributed by atoms with E-state index in [0.29, 0.717) is 16.9 Å². The van der Waals surface area contributed by atoms with E-state index >= 15 is 4.39 Å². The van der Waals surface area contributed by atoms with Crippen molar-refractivity contribution in [2.45, 2.75) is 104 Å². The van der Waals surface area contributed by atoms with Crippen LogP contribution in [0.4, 0.5) is 15.0 Å². The number of hydrogen-bond donors (Lipinski definition) is 2. The number of amides is 1. The number of aliphatic hydroxyl groups is 2. The van der Waals surface area contributed by atoms with Crippen molar-refractivity contribution in [3.8, 4) is 0 Å². The number of aliphatic hydroxyl groups excluding tert-OH is 1. The highest BCUT2D eigenvalue weighted by Crippen LogP contribution is 2.52. The molecule has 1 aromatic rings. The number of ether oxygens (including phenoxy) is 2. The van der Waals surface area contributed by atoms with Gasteiger partial charge < -0.3 is 19.7 Å². The normalized spacial score (nSPS) is 29.5. The molecule has 0 aromatic carbocycles. The molecule has 2 unspecified atom stereocenters.